The summed E-state index contributed by atoms with van der Waals surface area (Å²) in [5.41, 5.74) is 0.558. The van der Waals surface area contributed by atoms with Crippen molar-refractivity contribution in [1.29, 1.82) is 0 Å². The van der Waals surface area contributed by atoms with E-state index in [9.17, 15) is 4.79 Å². The Morgan fingerprint density at radius 3 is 2.84 bits per heavy atom. The molecule has 0 saturated heterocycles. The first-order chi connectivity index (χ1) is 9.24. The van der Waals surface area contributed by atoms with E-state index in [1.807, 2.05) is 17.0 Å². The van der Waals surface area contributed by atoms with Crippen molar-refractivity contribution in [2.45, 2.75) is 25.4 Å². The van der Waals surface area contributed by atoms with Crippen LogP contribution in [0.1, 0.15) is 29.0 Å². The largest absolute Gasteiger partial charge is 0.467 e. The van der Waals surface area contributed by atoms with Gasteiger partial charge in [0, 0.05) is 12.2 Å². The van der Waals surface area contributed by atoms with E-state index < -0.39 is 0 Å². The standard InChI is InChI=1S/C14H13ClN2O2/c15-13-6-3-10(8-16-13)14(18)17(11-4-5-11)9-12-2-1-7-19-12/h1-3,6-8,11H,4-5,9H2. The van der Waals surface area contributed by atoms with Gasteiger partial charge in [0.25, 0.3) is 5.91 Å². The molecule has 5 heteroatoms. The number of furan rings is 1. The van der Waals surface area contributed by atoms with Gasteiger partial charge in [0.05, 0.1) is 18.4 Å². The number of aromatic nitrogens is 1. The van der Waals surface area contributed by atoms with Crippen LogP contribution in [0.2, 0.25) is 5.15 Å². The van der Waals surface area contributed by atoms with Crippen molar-refractivity contribution in [3.8, 4) is 0 Å². The Hall–Kier alpha value is -1.81. The van der Waals surface area contributed by atoms with Crippen molar-refractivity contribution >= 4 is 17.5 Å². The zero-order chi connectivity index (χ0) is 13.2. The highest BCUT2D eigenvalue weighted by Crippen LogP contribution is 2.29. The fourth-order valence-corrected chi connectivity index (χ4v) is 2.10. The van der Waals surface area contributed by atoms with Gasteiger partial charge in [0.15, 0.2) is 0 Å². The van der Waals surface area contributed by atoms with Gasteiger partial charge in [-0.3, -0.25) is 4.79 Å². The highest BCUT2D eigenvalue weighted by atomic mass is 35.5. The summed E-state index contributed by atoms with van der Waals surface area (Å²) in [5.74, 6) is 0.769. The Labute approximate surface area is 116 Å². The second kappa shape index (κ2) is 5.05. The molecule has 1 fully saturated rings. The number of rotatable bonds is 4. The number of carbonyl (C=O) groups excluding carboxylic acids is 1. The fourth-order valence-electron chi connectivity index (χ4n) is 1.99. The van der Waals surface area contributed by atoms with Gasteiger partial charge in [-0.15, -0.1) is 0 Å². The quantitative estimate of drug-likeness (QED) is 0.806. The summed E-state index contributed by atoms with van der Waals surface area (Å²) < 4.78 is 5.32. The molecular weight excluding hydrogens is 264 g/mol. The minimum absolute atomic E-state index is 0.0249. The van der Waals surface area contributed by atoms with Crippen LogP contribution in [0.5, 0.6) is 0 Å². The molecule has 0 aromatic carbocycles. The molecule has 19 heavy (non-hydrogen) atoms. The topological polar surface area (TPSA) is 46.3 Å². The SMILES string of the molecule is O=C(c1ccc(Cl)nc1)N(Cc1ccco1)C1CC1. The van der Waals surface area contributed by atoms with Crippen molar-refractivity contribution < 1.29 is 9.21 Å². The number of pyridine rings is 1. The molecule has 0 N–H and O–H groups in total. The van der Waals surface area contributed by atoms with E-state index in [0.717, 1.165) is 18.6 Å². The van der Waals surface area contributed by atoms with E-state index in [4.69, 9.17) is 16.0 Å². The summed E-state index contributed by atoms with van der Waals surface area (Å²) in [6.07, 6.45) is 5.23. The number of carbonyl (C=O) groups is 1. The molecule has 1 saturated carbocycles. The van der Waals surface area contributed by atoms with Gasteiger partial charge >= 0.3 is 0 Å². The first kappa shape index (κ1) is 12.2. The van der Waals surface area contributed by atoms with Crippen LogP contribution in [0.25, 0.3) is 0 Å². The van der Waals surface area contributed by atoms with Crippen LogP contribution in [0.15, 0.2) is 41.1 Å². The predicted octanol–water partition coefficient (Wildman–Crippen LogP) is 3.13. The Kier molecular flexibility index (Phi) is 3.25. The predicted molar refractivity (Wildman–Crippen MR) is 70.9 cm³/mol. The summed E-state index contributed by atoms with van der Waals surface area (Å²) in [6.45, 7) is 0.499. The maximum atomic E-state index is 12.5. The molecule has 0 spiro atoms. The van der Waals surface area contributed by atoms with Gasteiger partial charge in [0.1, 0.15) is 10.9 Å². The molecule has 0 atom stereocenters. The molecule has 0 unspecified atom stereocenters. The molecule has 1 amide bonds. The Balaban J connectivity index is 1.79. The highest BCUT2D eigenvalue weighted by molar-refractivity contribution is 6.29. The number of amides is 1. The molecule has 0 bridgehead atoms. The molecule has 4 nitrogen and oxygen atoms in total. The van der Waals surface area contributed by atoms with Crippen molar-refractivity contribution in [3.63, 3.8) is 0 Å². The third-order valence-corrected chi connectivity index (χ3v) is 3.35. The van der Waals surface area contributed by atoms with Crippen LogP contribution in [-0.4, -0.2) is 21.8 Å². The van der Waals surface area contributed by atoms with Gasteiger partial charge in [-0.1, -0.05) is 11.6 Å². The van der Waals surface area contributed by atoms with Crippen LogP contribution >= 0.6 is 11.6 Å². The number of hydrogen-bond donors (Lipinski definition) is 0. The maximum Gasteiger partial charge on any atom is 0.256 e. The smallest absolute Gasteiger partial charge is 0.256 e. The molecule has 0 aliphatic heterocycles. The van der Waals surface area contributed by atoms with E-state index in [2.05, 4.69) is 4.98 Å². The molecule has 2 aromatic rings. The second-order valence-corrected chi connectivity index (χ2v) is 5.00. The monoisotopic (exact) mass is 276 g/mol. The Bertz CT molecular complexity index is 562. The number of nitrogens with zero attached hydrogens (tertiary/aromatic N) is 2. The number of hydrogen-bond acceptors (Lipinski definition) is 3. The summed E-state index contributed by atoms with van der Waals surface area (Å²) in [5, 5.41) is 0.389. The van der Waals surface area contributed by atoms with Crippen LogP contribution < -0.4 is 0 Å². The molecule has 0 radical (unpaired) electrons. The summed E-state index contributed by atoms with van der Waals surface area (Å²) in [6, 6.07) is 7.35. The molecule has 2 heterocycles. The van der Waals surface area contributed by atoms with Gasteiger partial charge in [0.2, 0.25) is 0 Å². The van der Waals surface area contributed by atoms with Crippen molar-refractivity contribution in [2.75, 3.05) is 0 Å². The zero-order valence-electron chi connectivity index (χ0n) is 10.3. The van der Waals surface area contributed by atoms with Crippen molar-refractivity contribution in [2.24, 2.45) is 0 Å². The summed E-state index contributed by atoms with van der Waals surface area (Å²) in [4.78, 5) is 18.3. The van der Waals surface area contributed by atoms with E-state index in [-0.39, 0.29) is 5.91 Å². The minimum Gasteiger partial charge on any atom is -0.467 e. The summed E-state index contributed by atoms with van der Waals surface area (Å²) in [7, 11) is 0. The van der Waals surface area contributed by atoms with Crippen LogP contribution in [0.3, 0.4) is 0 Å². The molecule has 1 aliphatic rings. The zero-order valence-corrected chi connectivity index (χ0v) is 11.0. The van der Waals surface area contributed by atoms with E-state index in [1.165, 1.54) is 6.20 Å². The molecule has 1 aliphatic carbocycles. The van der Waals surface area contributed by atoms with E-state index in [0.29, 0.717) is 23.3 Å². The molecule has 2 aromatic heterocycles. The van der Waals surface area contributed by atoms with Gasteiger partial charge < -0.3 is 9.32 Å². The first-order valence-corrected chi connectivity index (χ1v) is 6.57. The van der Waals surface area contributed by atoms with Crippen LogP contribution in [0, 0.1) is 0 Å². The van der Waals surface area contributed by atoms with Gasteiger partial charge in [-0.2, -0.15) is 0 Å². The normalized spacial score (nSPS) is 14.4. The Morgan fingerprint density at radius 2 is 2.26 bits per heavy atom. The average Bonchev–Trinajstić information content (AvgIpc) is 3.13. The lowest BCUT2D eigenvalue weighted by atomic mass is 10.2. The van der Waals surface area contributed by atoms with Gasteiger partial charge in [-0.05, 0) is 37.1 Å². The maximum absolute atomic E-state index is 12.5. The van der Waals surface area contributed by atoms with E-state index >= 15 is 0 Å². The molecule has 98 valence electrons. The second-order valence-electron chi connectivity index (χ2n) is 4.61. The molecule has 3 rings (SSSR count). The lowest BCUT2D eigenvalue weighted by molar-refractivity contribution is 0.0717. The van der Waals surface area contributed by atoms with Crippen molar-refractivity contribution in [3.05, 3.63) is 53.2 Å². The highest BCUT2D eigenvalue weighted by Gasteiger charge is 2.33. The lowest BCUT2D eigenvalue weighted by Gasteiger charge is -2.21. The van der Waals surface area contributed by atoms with Crippen LogP contribution in [0.4, 0.5) is 0 Å². The molecular formula is C14H13ClN2O2. The lowest BCUT2D eigenvalue weighted by Crippen LogP contribution is -2.32. The first-order valence-electron chi connectivity index (χ1n) is 6.19. The van der Waals surface area contributed by atoms with E-state index in [1.54, 1.807) is 18.4 Å². The third-order valence-electron chi connectivity index (χ3n) is 3.13. The minimum atomic E-state index is -0.0249. The van der Waals surface area contributed by atoms with Gasteiger partial charge in [-0.25, -0.2) is 4.98 Å². The number of halogens is 1. The Morgan fingerprint density at radius 1 is 1.42 bits per heavy atom. The third kappa shape index (κ3) is 2.79. The van der Waals surface area contributed by atoms with Crippen LogP contribution in [-0.2, 0) is 6.54 Å². The summed E-state index contributed by atoms with van der Waals surface area (Å²) >= 11 is 5.73. The van der Waals surface area contributed by atoms with Crippen molar-refractivity contribution in [1.82, 2.24) is 9.88 Å². The fraction of sp³-hybridized carbons (Fsp3) is 0.286. The average molecular weight is 277 g/mol.